The van der Waals surface area contributed by atoms with Crippen LogP contribution in [0.1, 0.15) is 11.1 Å². The van der Waals surface area contributed by atoms with Gasteiger partial charge in [-0.15, -0.1) is 5.10 Å². The molecule has 7 nitrogen and oxygen atoms in total. The average Bonchev–Trinajstić information content (AvgIpc) is 3.47. The summed E-state index contributed by atoms with van der Waals surface area (Å²) in [5, 5.41) is 4.81. The summed E-state index contributed by atoms with van der Waals surface area (Å²) in [6, 6.07) is 21.4. The molecule has 0 amide bonds. The van der Waals surface area contributed by atoms with E-state index in [4.69, 9.17) is 26.5 Å². The molecule has 5 rings (SSSR count). The predicted octanol–water partition coefficient (Wildman–Crippen LogP) is 2.80. The molecule has 4 aromatic rings. The Kier molecular flexibility index (Phi) is 5.46. The Hall–Kier alpha value is -3.49. The van der Waals surface area contributed by atoms with E-state index in [0.717, 1.165) is 10.6 Å². The lowest BCUT2D eigenvalue weighted by molar-refractivity contribution is -0.955. The van der Waals surface area contributed by atoms with Crippen LogP contribution in [-0.2, 0) is 29.2 Å². The van der Waals surface area contributed by atoms with Crippen LogP contribution in [0.3, 0.4) is 0 Å². The SMILES string of the molecule is COC(=O)[C@@H]1Cc2ccccc2C[NH+]1Cn1nc(-c2ccco2)n(-c2ccccc2)c1=S. The minimum Gasteiger partial charge on any atom is -0.465 e. The molecular formula is C24H23N4O3S+. The van der Waals surface area contributed by atoms with E-state index in [0.29, 0.717) is 36.0 Å². The first-order chi connectivity index (χ1) is 15.7. The van der Waals surface area contributed by atoms with E-state index < -0.39 is 0 Å². The van der Waals surface area contributed by atoms with Crippen molar-refractivity contribution in [2.24, 2.45) is 0 Å². The molecule has 2 aromatic heterocycles. The minimum atomic E-state index is -0.328. The Morgan fingerprint density at radius 3 is 2.59 bits per heavy atom. The third kappa shape index (κ3) is 3.68. The molecule has 1 aliphatic rings. The average molecular weight is 448 g/mol. The van der Waals surface area contributed by atoms with Crippen molar-refractivity contribution in [3.05, 3.63) is 88.9 Å². The Morgan fingerprint density at radius 2 is 1.88 bits per heavy atom. The standard InChI is InChI=1S/C24H22N4O3S/c1-30-23(29)20-14-17-8-5-6-9-18(17)15-26(20)16-27-24(32)28(19-10-3-2-4-11-19)22(25-27)21-12-7-13-31-21/h2-13,20H,14-16H2,1H3/p+1/t20-/m0/s1. The van der Waals surface area contributed by atoms with Gasteiger partial charge in [0, 0.05) is 12.0 Å². The molecule has 0 spiro atoms. The van der Waals surface area contributed by atoms with Crippen molar-refractivity contribution < 1.29 is 18.8 Å². The van der Waals surface area contributed by atoms with Crippen LogP contribution >= 0.6 is 12.2 Å². The second kappa shape index (κ2) is 8.57. The van der Waals surface area contributed by atoms with Crippen LogP contribution < -0.4 is 4.90 Å². The van der Waals surface area contributed by atoms with E-state index in [1.165, 1.54) is 18.2 Å². The third-order valence-electron chi connectivity index (χ3n) is 5.89. The van der Waals surface area contributed by atoms with Gasteiger partial charge in [-0.3, -0.25) is 4.57 Å². The highest BCUT2D eigenvalue weighted by atomic mass is 32.1. The zero-order chi connectivity index (χ0) is 22.1. The lowest BCUT2D eigenvalue weighted by atomic mass is 9.94. The fourth-order valence-corrected chi connectivity index (χ4v) is 4.60. The first kappa shape index (κ1) is 20.4. The largest absolute Gasteiger partial charge is 0.465 e. The number of nitrogens with one attached hydrogen (secondary N) is 1. The summed E-state index contributed by atoms with van der Waals surface area (Å²) in [6.45, 7) is 1.12. The number of hydrogen-bond acceptors (Lipinski definition) is 5. The maximum Gasteiger partial charge on any atom is 0.365 e. The lowest BCUT2D eigenvalue weighted by Gasteiger charge is -2.31. The molecule has 2 atom stereocenters. The van der Waals surface area contributed by atoms with E-state index in [1.54, 1.807) is 10.9 Å². The van der Waals surface area contributed by atoms with Crippen LogP contribution in [0.15, 0.2) is 77.4 Å². The molecule has 0 fully saturated rings. The molecule has 0 bridgehead atoms. The van der Waals surface area contributed by atoms with Crippen LogP contribution in [-0.4, -0.2) is 33.5 Å². The zero-order valence-electron chi connectivity index (χ0n) is 17.6. The number of furan rings is 1. The van der Waals surface area contributed by atoms with Crippen LogP contribution in [0.2, 0.25) is 0 Å². The number of hydrogen-bond donors (Lipinski definition) is 1. The van der Waals surface area contributed by atoms with Gasteiger partial charge in [-0.2, -0.15) is 4.68 Å². The highest BCUT2D eigenvalue weighted by Gasteiger charge is 2.36. The second-order valence-electron chi connectivity index (χ2n) is 7.80. The van der Waals surface area contributed by atoms with Crippen molar-refractivity contribution >= 4 is 18.2 Å². The molecule has 1 unspecified atom stereocenters. The Morgan fingerprint density at radius 1 is 1.12 bits per heavy atom. The number of quaternary nitrogens is 1. The van der Waals surface area contributed by atoms with Crippen molar-refractivity contribution in [2.45, 2.75) is 25.7 Å². The van der Waals surface area contributed by atoms with E-state index in [-0.39, 0.29) is 12.0 Å². The van der Waals surface area contributed by atoms with E-state index in [9.17, 15) is 4.79 Å². The molecule has 8 heteroatoms. The molecular weight excluding hydrogens is 424 g/mol. The summed E-state index contributed by atoms with van der Waals surface area (Å²) in [5.74, 6) is 1.02. The number of nitrogens with zero attached hydrogens (tertiary/aromatic N) is 3. The molecule has 162 valence electrons. The van der Waals surface area contributed by atoms with E-state index >= 15 is 0 Å². The van der Waals surface area contributed by atoms with Gasteiger partial charge in [0.2, 0.25) is 10.6 Å². The number of esters is 1. The number of rotatable bonds is 5. The van der Waals surface area contributed by atoms with Crippen molar-refractivity contribution in [3.63, 3.8) is 0 Å². The Bertz CT molecular complexity index is 1290. The monoisotopic (exact) mass is 447 g/mol. The Balaban J connectivity index is 1.56. The number of aromatic nitrogens is 3. The van der Waals surface area contributed by atoms with Gasteiger partial charge in [-0.25, -0.2) is 4.79 Å². The second-order valence-corrected chi connectivity index (χ2v) is 8.16. The predicted molar refractivity (Wildman–Crippen MR) is 121 cm³/mol. The summed E-state index contributed by atoms with van der Waals surface area (Å²) in [6.07, 6.45) is 2.24. The quantitative estimate of drug-likeness (QED) is 0.377. The number of carbonyl (C=O) groups excluding carboxylic acids is 1. The topological polar surface area (TPSA) is 66.6 Å². The number of methoxy groups -OCH3 is 1. The molecule has 32 heavy (non-hydrogen) atoms. The highest BCUT2D eigenvalue weighted by molar-refractivity contribution is 7.71. The number of fused-ring (bicyclic) bond motifs is 1. The molecule has 2 aromatic carbocycles. The van der Waals surface area contributed by atoms with Crippen LogP contribution in [0.4, 0.5) is 0 Å². The first-order valence-corrected chi connectivity index (χ1v) is 10.8. The van der Waals surface area contributed by atoms with Gasteiger partial charge >= 0.3 is 5.97 Å². The summed E-state index contributed by atoms with van der Waals surface area (Å²) in [4.78, 5) is 13.7. The fraction of sp³-hybridized carbons (Fsp3) is 0.208. The molecule has 0 saturated heterocycles. The lowest BCUT2D eigenvalue weighted by Crippen LogP contribution is -3.16. The number of para-hydroxylation sites is 1. The van der Waals surface area contributed by atoms with Gasteiger partial charge in [0.1, 0.15) is 6.54 Å². The van der Waals surface area contributed by atoms with E-state index in [1.807, 2.05) is 59.2 Å². The van der Waals surface area contributed by atoms with Crippen molar-refractivity contribution in [1.29, 1.82) is 0 Å². The highest BCUT2D eigenvalue weighted by Crippen LogP contribution is 2.23. The fourth-order valence-electron chi connectivity index (χ4n) is 4.30. The number of benzene rings is 2. The first-order valence-electron chi connectivity index (χ1n) is 10.4. The number of ether oxygens (including phenoxy) is 1. The zero-order valence-corrected chi connectivity index (χ0v) is 18.4. The van der Waals surface area contributed by atoms with Crippen molar-refractivity contribution in [1.82, 2.24) is 14.3 Å². The molecule has 1 aliphatic heterocycles. The smallest absolute Gasteiger partial charge is 0.365 e. The molecule has 0 radical (unpaired) electrons. The number of carbonyl (C=O) groups is 1. The Labute approximate surface area is 190 Å². The molecule has 0 aliphatic carbocycles. The van der Waals surface area contributed by atoms with Gasteiger partial charge in [0.05, 0.1) is 19.1 Å². The van der Waals surface area contributed by atoms with Crippen molar-refractivity contribution in [2.75, 3.05) is 7.11 Å². The summed E-state index contributed by atoms with van der Waals surface area (Å²) in [5.41, 5.74) is 3.31. The normalized spacial score (nSPS) is 17.7. The molecule has 1 N–H and O–H groups in total. The van der Waals surface area contributed by atoms with Gasteiger partial charge in [-0.1, -0.05) is 42.5 Å². The van der Waals surface area contributed by atoms with Crippen molar-refractivity contribution in [3.8, 4) is 17.3 Å². The van der Waals surface area contributed by atoms with Crippen LogP contribution in [0, 0.1) is 4.77 Å². The summed E-state index contributed by atoms with van der Waals surface area (Å²) >= 11 is 5.84. The maximum absolute atomic E-state index is 12.6. The van der Waals surface area contributed by atoms with Gasteiger partial charge in [0.15, 0.2) is 18.5 Å². The summed E-state index contributed by atoms with van der Waals surface area (Å²) < 4.78 is 15.0. The van der Waals surface area contributed by atoms with Gasteiger partial charge in [-0.05, 0) is 42.0 Å². The molecule has 0 saturated carbocycles. The van der Waals surface area contributed by atoms with Gasteiger partial charge < -0.3 is 14.1 Å². The minimum absolute atomic E-state index is 0.227. The van der Waals surface area contributed by atoms with Gasteiger partial charge in [0.25, 0.3) is 0 Å². The summed E-state index contributed by atoms with van der Waals surface area (Å²) in [7, 11) is 1.44. The van der Waals surface area contributed by atoms with Crippen LogP contribution in [0.5, 0.6) is 0 Å². The van der Waals surface area contributed by atoms with E-state index in [2.05, 4.69) is 12.1 Å². The molecule has 3 heterocycles. The third-order valence-corrected chi connectivity index (χ3v) is 6.28. The van der Waals surface area contributed by atoms with Crippen LogP contribution in [0.25, 0.3) is 17.3 Å². The maximum atomic E-state index is 12.6.